The summed E-state index contributed by atoms with van der Waals surface area (Å²) >= 11 is 12.2. The number of hydrogen-bond acceptors (Lipinski definition) is 3. The van der Waals surface area contributed by atoms with E-state index in [2.05, 4.69) is 38.8 Å². The van der Waals surface area contributed by atoms with Crippen molar-refractivity contribution in [2.75, 3.05) is 6.54 Å². The third kappa shape index (κ3) is 5.41. The summed E-state index contributed by atoms with van der Waals surface area (Å²) in [5.41, 5.74) is 1.32. The molecular weight excluding hydrogens is 472 g/mol. The number of amides is 1. The fraction of sp³-hybridized carbons (Fsp3) is 0.636. The Hall–Kier alpha value is -1.35. The molecule has 3 rings (SSSR count). The van der Waals surface area contributed by atoms with E-state index < -0.39 is 26.6 Å². The van der Waals surface area contributed by atoms with E-state index in [0.29, 0.717) is 34.0 Å². The zero-order valence-corrected chi connectivity index (χ0v) is 21.8. The molecule has 6 nitrogen and oxygen atoms in total. The van der Waals surface area contributed by atoms with Gasteiger partial charge in [-0.05, 0) is 43.1 Å². The van der Waals surface area contributed by atoms with Gasteiger partial charge in [0.2, 0.25) is 0 Å². The molecule has 1 aliphatic rings. The highest BCUT2D eigenvalue weighted by Gasteiger charge is 2.44. The minimum absolute atomic E-state index is 0.0194. The van der Waals surface area contributed by atoms with Crippen molar-refractivity contribution < 1.29 is 18.7 Å². The Kier molecular flexibility index (Phi) is 7.49. The lowest BCUT2D eigenvalue weighted by Crippen LogP contribution is -2.56. The maximum absolute atomic E-state index is 15.4. The second-order valence-corrected chi connectivity index (χ2v) is 15.7. The Labute approximate surface area is 199 Å². The Morgan fingerprint density at radius 2 is 2.00 bits per heavy atom. The van der Waals surface area contributed by atoms with Crippen LogP contribution in [0.15, 0.2) is 18.5 Å². The molecule has 32 heavy (non-hydrogen) atoms. The van der Waals surface area contributed by atoms with Crippen LogP contribution in [0.25, 0.3) is 11.0 Å². The quantitative estimate of drug-likeness (QED) is 0.450. The Morgan fingerprint density at radius 1 is 1.34 bits per heavy atom. The zero-order valence-electron chi connectivity index (χ0n) is 19.2. The summed E-state index contributed by atoms with van der Waals surface area (Å²) in [7, 11) is -2.15. The first kappa shape index (κ1) is 25.3. The molecule has 10 heteroatoms. The number of alkyl halides is 1. The molecule has 1 aromatic carbocycles. The van der Waals surface area contributed by atoms with E-state index >= 15 is 4.39 Å². The number of halogens is 3. The van der Waals surface area contributed by atoms with Gasteiger partial charge in [-0.2, -0.15) is 0 Å². The van der Waals surface area contributed by atoms with Crippen molar-refractivity contribution in [3.63, 3.8) is 0 Å². The molecule has 1 amide bonds. The van der Waals surface area contributed by atoms with Gasteiger partial charge in [-0.25, -0.2) is 14.2 Å². The van der Waals surface area contributed by atoms with Gasteiger partial charge in [0.25, 0.3) is 0 Å². The van der Waals surface area contributed by atoms with Gasteiger partial charge in [-0.15, -0.1) is 0 Å². The lowest BCUT2D eigenvalue weighted by atomic mass is 9.94. The largest absolute Gasteiger partial charge is 0.465 e. The first-order valence-corrected chi connectivity index (χ1v) is 14.6. The van der Waals surface area contributed by atoms with Crippen molar-refractivity contribution in [2.24, 2.45) is 0 Å². The minimum atomic E-state index is -2.15. The predicted molar refractivity (Wildman–Crippen MR) is 129 cm³/mol. The zero-order chi connectivity index (χ0) is 23.8. The standard InChI is InChI=1S/C22H32Cl2FN3O3Si/c1-22(2,3)32(4,5)31-20-7-6-8-28(21(29)30)19(20)9-14(25)12-27-13-26-17-10-15(23)16(24)11-18(17)27/h10-11,13-14,19-20H,6-9,12H2,1-5H3,(H,29,30)/t14?,19-,20+/m1/s1. The summed E-state index contributed by atoms with van der Waals surface area (Å²) < 4.78 is 23.6. The molecule has 1 fully saturated rings. The van der Waals surface area contributed by atoms with Crippen LogP contribution in [0.5, 0.6) is 0 Å². The first-order chi connectivity index (χ1) is 14.8. The average molecular weight is 505 g/mol. The third-order valence-electron chi connectivity index (χ3n) is 6.77. The van der Waals surface area contributed by atoms with Gasteiger partial charge in [0.15, 0.2) is 8.32 Å². The molecule has 0 spiro atoms. The van der Waals surface area contributed by atoms with Gasteiger partial charge in [0, 0.05) is 13.0 Å². The van der Waals surface area contributed by atoms with Gasteiger partial charge in [0.1, 0.15) is 6.17 Å². The SMILES string of the molecule is CC(C)(C)[Si](C)(C)O[C@H]1CCCN(C(=O)O)[C@@H]1CC(F)Cn1cnc2cc(Cl)c(Cl)cc21. The smallest absolute Gasteiger partial charge is 0.407 e. The number of rotatable bonds is 6. The first-order valence-electron chi connectivity index (χ1n) is 10.9. The molecule has 1 aromatic heterocycles. The summed E-state index contributed by atoms with van der Waals surface area (Å²) in [6.07, 6.45) is 0.445. The van der Waals surface area contributed by atoms with E-state index in [-0.39, 0.29) is 24.1 Å². The van der Waals surface area contributed by atoms with E-state index in [1.165, 1.54) is 4.90 Å². The number of carboxylic acid groups (broad SMARTS) is 1. The van der Waals surface area contributed by atoms with Crippen molar-refractivity contribution >= 4 is 48.6 Å². The van der Waals surface area contributed by atoms with Crippen molar-refractivity contribution in [2.45, 2.75) is 83.0 Å². The van der Waals surface area contributed by atoms with E-state index in [9.17, 15) is 9.90 Å². The lowest BCUT2D eigenvalue weighted by Gasteiger charge is -2.46. The maximum atomic E-state index is 15.4. The Bertz CT molecular complexity index is 979. The molecule has 2 aromatic rings. The highest BCUT2D eigenvalue weighted by atomic mass is 35.5. The van der Waals surface area contributed by atoms with Gasteiger partial charge in [0.05, 0.1) is 46.1 Å². The van der Waals surface area contributed by atoms with Gasteiger partial charge in [-0.1, -0.05) is 44.0 Å². The Balaban J connectivity index is 1.80. The van der Waals surface area contributed by atoms with E-state index in [1.807, 2.05) is 0 Å². The second-order valence-electron chi connectivity index (χ2n) is 10.1. The molecule has 178 valence electrons. The van der Waals surface area contributed by atoms with Crippen LogP contribution in [0.2, 0.25) is 28.2 Å². The van der Waals surface area contributed by atoms with Crippen LogP contribution in [-0.2, 0) is 11.0 Å². The normalized spacial score (nSPS) is 21.2. The summed E-state index contributed by atoms with van der Waals surface area (Å²) in [6, 6.07) is 2.80. The van der Waals surface area contributed by atoms with Crippen LogP contribution in [0.1, 0.15) is 40.0 Å². The van der Waals surface area contributed by atoms with Crippen LogP contribution in [0.4, 0.5) is 9.18 Å². The molecule has 0 saturated carbocycles. The average Bonchev–Trinajstić information content (AvgIpc) is 3.03. The second kappa shape index (κ2) is 9.48. The molecule has 2 heterocycles. The molecule has 1 aliphatic heterocycles. The summed E-state index contributed by atoms with van der Waals surface area (Å²) in [5.74, 6) is 0. The van der Waals surface area contributed by atoms with Crippen LogP contribution in [-0.4, -0.2) is 58.8 Å². The van der Waals surface area contributed by atoms with Crippen LogP contribution in [0, 0.1) is 0 Å². The lowest BCUT2D eigenvalue weighted by molar-refractivity contribution is 0.00816. The van der Waals surface area contributed by atoms with Crippen LogP contribution in [0.3, 0.4) is 0 Å². The number of imidazole rings is 1. The van der Waals surface area contributed by atoms with Crippen molar-refractivity contribution in [1.82, 2.24) is 14.5 Å². The van der Waals surface area contributed by atoms with Gasteiger partial charge >= 0.3 is 6.09 Å². The van der Waals surface area contributed by atoms with E-state index in [4.69, 9.17) is 27.6 Å². The topological polar surface area (TPSA) is 67.6 Å². The molecule has 0 bridgehead atoms. The number of benzene rings is 1. The number of aromatic nitrogens is 2. The fourth-order valence-corrected chi connectivity index (χ4v) is 5.68. The van der Waals surface area contributed by atoms with E-state index in [0.717, 1.165) is 6.42 Å². The number of piperidine rings is 1. The molecular formula is C22H32Cl2FN3O3Si. The molecule has 0 aliphatic carbocycles. The van der Waals surface area contributed by atoms with Gasteiger partial charge in [-0.3, -0.25) is 0 Å². The fourth-order valence-electron chi connectivity index (χ4n) is 3.98. The predicted octanol–water partition coefficient (Wildman–Crippen LogP) is 6.60. The van der Waals surface area contributed by atoms with Crippen molar-refractivity contribution in [3.8, 4) is 0 Å². The van der Waals surface area contributed by atoms with Crippen LogP contribution < -0.4 is 0 Å². The summed E-state index contributed by atoms with van der Waals surface area (Å²) in [4.78, 5) is 17.6. The molecule has 1 N–H and O–H groups in total. The molecule has 1 saturated heterocycles. The highest BCUT2D eigenvalue weighted by Crippen LogP contribution is 2.40. The number of fused-ring (bicyclic) bond motifs is 1. The maximum Gasteiger partial charge on any atom is 0.407 e. The number of hydrogen-bond donors (Lipinski definition) is 1. The minimum Gasteiger partial charge on any atom is -0.465 e. The van der Waals surface area contributed by atoms with Crippen LogP contribution >= 0.6 is 23.2 Å². The molecule has 3 atom stereocenters. The van der Waals surface area contributed by atoms with Crippen molar-refractivity contribution in [1.29, 1.82) is 0 Å². The monoisotopic (exact) mass is 503 g/mol. The van der Waals surface area contributed by atoms with E-state index in [1.54, 1.807) is 23.0 Å². The molecule has 0 radical (unpaired) electrons. The molecule has 1 unspecified atom stereocenters. The Morgan fingerprint density at radius 3 is 2.62 bits per heavy atom. The highest BCUT2D eigenvalue weighted by molar-refractivity contribution is 6.74. The van der Waals surface area contributed by atoms with Gasteiger partial charge < -0.3 is 19.0 Å². The number of likely N-dealkylation sites (tertiary alicyclic amines) is 1. The summed E-state index contributed by atoms with van der Waals surface area (Å²) in [6.45, 7) is 11.2. The summed E-state index contributed by atoms with van der Waals surface area (Å²) in [5, 5.41) is 10.5. The number of carbonyl (C=O) groups is 1. The third-order valence-corrected chi connectivity index (χ3v) is 12.0. The number of nitrogens with zero attached hydrogens (tertiary/aromatic N) is 3. The van der Waals surface area contributed by atoms with Crippen molar-refractivity contribution in [3.05, 3.63) is 28.5 Å².